The summed E-state index contributed by atoms with van der Waals surface area (Å²) in [5.41, 5.74) is 0. The molecule has 0 aliphatic carbocycles. The fraction of sp³-hybridized carbons (Fsp3) is 0.611. The number of likely N-dealkylation sites (tertiary alicyclic amines) is 1. The lowest BCUT2D eigenvalue weighted by atomic mass is 9.99. The number of nitrogens with one attached hydrogen (secondary N) is 1. The molecule has 1 fully saturated rings. The molecule has 1 aliphatic heterocycles. The molecule has 1 aromatic carbocycles. The van der Waals surface area contributed by atoms with Gasteiger partial charge in [0.2, 0.25) is 0 Å². The highest BCUT2D eigenvalue weighted by atomic mass is 127. The van der Waals surface area contributed by atoms with E-state index < -0.39 is 0 Å². The number of hydrogen-bond donors (Lipinski definition) is 1. The van der Waals surface area contributed by atoms with Gasteiger partial charge in [-0.1, -0.05) is 0 Å². The van der Waals surface area contributed by atoms with Crippen LogP contribution in [0.25, 0.3) is 0 Å². The van der Waals surface area contributed by atoms with Crippen LogP contribution in [0.3, 0.4) is 0 Å². The van der Waals surface area contributed by atoms with Crippen LogP contribution in [0.2, 0.25) is 0 Å². The molecular weight excluding hydrogens is 434 g/mol. The zero-order chi connectivity index (χ0) is 17.4. The van der Waals surface area contributed by atoms with E-state index >= 15 is 0 Å². The summed E-state index contributed by atoms with van der Waals surface area (Å²) in [4.78, 5) is 8.78. The van der Waals surface area contributed by atoms with Crippen LogP contribution in [0.15, 0.2) is 29.3 Å². The number of ether oxygens (including phenoxy) is 1. The Morgan fingerprint density at radius 2 is 2.12 bits per heavy atom. The second-order valence-corrected chi connectivity index (χ2v) is 6.42. The van der Waals surface area contributed by atoms with E-state index in [0.717, 1.165) is 19.0 Å². The zero-order valence-electron chi connectivity index (χ0n) is 15.4. The third kappa shape index (κ3) is 7.77. The molecule has 1 unspecified atom stereocenters. The van der Waals surface area contributed by atoms with Crippen molar-refractivity contribution >= 4 is 29.9 Å². The Balaban J connectivity index is 0.00000312. The predicted molar refractivity (Wildman–Crippen MR) is 112 cm³/mol. The summed E-state index contributed by atoms with van der Waals surface area (Å²) in [6.07, 6.45) is 2.54. The molecule has 25 heavy (non-hydrogen) atoms. The van der Waals surface area contributed by atoms with E-state index in [1.165, 1.54) is 31.5 Å². The number of rotatable bonds is 6. The first kappa shape index (κ1) is 22.0. The normalized spacial score (nSPS) is 18.4. The van der Waals surface area contributed by atoms with Crippen molar-refractivity contribution in [2.75, 3.05) is 53.9 Å². The minimum Gasteiger partial charge on any atom is -0.492 e. The summed E-state index contributed by atoms with van der Waals surface area (Å²) in [5, 5.41) is 3.46. The maximum Gasteiger partial charge on any atom is 0.193 e. The second-order valence-electron chi connectivity index (χ2n) is 6.42. The largest absolute Gasteiger partial charge is 0.492 e. The van der Waals surface area contributed by atoms with Gasteiger partial charge in [-0.25, -0.2) is 4.39 Å². The molecule has 0 bridgehead atoms. The van der Waals surface area contributed by atoms with Crippen LogP contribution < -0.4 is 10.1 Å². The van der Waals surface area contributed by atoms with Gasteiger partial charge in [-0.2, -0.15) is 0 Å². The number of hydrogen-bond acceptors (Lipinski definition) is 3. The average Bonchev–Trinajstić information content (AvgIpc) is 2.57. The Bertz CT molecular complexity index is 526. The van der Waals surface area contributed by atoms with Gasteiger partial charge in [-0.05, 0) is 56.6 Å². The summed E-state index contributed by atoms with van der Waals surface area (Å²) in [6.45, 7) is 4.52. The number of aliphatic imine (C=N–C) groups is 1. The molecule has 0 radical (unpaired) electrons. The fourth-order valence-electron chi connectivity index (χ4n) is 3.00. The number of guanidine groups is 1. The van der Waals surface area contributed by atoms with Crippen molar-refractivity contribution in [3.63, 3.8) is 0 Å². The lowest BCUT2D eigenvalue weighted by molar-refractivity contribution is 0.209. The maximum atomic E-state index is 12.9. The Kier molecular flexibility index (Phi) is 10.1. The van der Waals surface area contributed by atoms with Crippen LogP contribution in [0.4, 0.5) is 4.39 Å². The van der Waals surface area contributed by atoms with Crippen LogP contribution in [0, 0.1) is 11.7 Å². The highest BCUT2D eigenvalue weighted by Gasteiger charge is 2.17. The Morgan fingerprint density at radius 1 is 1.40 bits per heavy atom. The van der Waals surface area contributed by atoms with Gasteiger partial charge < -0.3 is 19.9 Å². The monoisotopic (exact) mass is 464 g/mol. The van der Waals surface area contributed by atoms with Crippen LogP contribution in [-0.4, -0.2) is 69.7 Å². The molecule has 1 aliphatic rings. The quantitative estimate of drug-likeness (QED) is 0.400. The van der Waals surface area contributed by atoms with E-state index in [2.05, 4.69) is 27.2 Å². The van der Waals surface area contributed by atoms with Crippen LogP contribution in [-0.2, 0) is 0 Å². The van der Waals surface area contributed by atoms with E-state index in [0.29, 0.717) is 24.8 Å². The molecule has 1 N–H and O–H groups in total. The predicted octanol–water partition coefficient (Wildman–Crippen LogP) is 2.67. The SMILES string of the molecule is CN=C(NCC1CCCN(C)C1)N(C)CCOc1ccc(F)cc1.I. The third-order valence-electron chi connectivity index (χ3n) is 4.35. The van der Waals surface area contributed by atoms with Crippen molar-refractivity contribution in [3.05, 3.63) is 30.1 Å². The Labute approximate surface area is 167 Å². The van der Waals surface area contributed by atoms with Crippen LogP contribution >= 0.6 is 24.0 Å². The minimum atomic E-state index is -0.252. The molecule has 2 rings (SSSR count). The molecule has 0 aromatic heterocycles. The van der Waals surface area contributed by atoms with E-state index in [4.69, 9.17) is 4.74 Å². The maximum absolute atomic E-state index is 12.9. The van der Waals surface area contributed by atoms with Gasteiger partial charge in [-0.15, -0.1) is 24.0 Å². The van der Waals surface area contributed by atoms with Gasteiger partial charge in [0.25, 0.3) is 0 Å². The number of benzene rings is 1. The molecular formula is C18H30FIN4O. The zero-order valence-corrected chi connectivity index (χ0v) is 17.7. The van der Waals surface area contributed by atoms with Crippen molar-refractivity contribution in [2.45, 2.75) is 12.8 Å². The lowest BCUT2D eigenvalue weighted by Gasteiger charge is -2.31. The molecule has 0 amide bonds. The van der Waals surface area contributed by atoms with Gasteiger partial charge >= 0.3 is 0 Å². The summed E-state index contributed by atoms with van der Waals surface area (Å²) in [5.74, 6) is 1.98. The van der Waals surface area contributed by atoms with Gasteiger partial charge in [0.05, 0.1) is 6.54 Å². The number of likely N-dealkylation sites (N-methyl/N-ethyl adjacent to an activating group) is 1. The molecule has 1 atom stereocenters. The summed E-state index contributed by atoms with van der Waals surface area (Å²) < 4.78 is 18.5. The third-order valence-corrected chi connectivity index (χ3v) is 4.35. The summed E-state index contributed by atoms with van der Waals surface area (Å²) >= 11 is 0. The van der Waals surface area contributed by atoms with E-state index in [1.807, 2.05) is 7.05 Å². The average molecular weight is 464 g/mol. The van der Waals surface area contributed by atoms with Crippen molar-refractivity contribution < 1.29 is 9.13 Å². The highest BCUT2D eigenvalue weighted by molar-refractivity contribution is 14.0. The van der Waals surface area contributed by atoms with Gasteiger partial charge in [0, 0.05) is 27.2 Å². The number of halogens is 2. The molecule has 1 saturated heterocycles. The Hall–Kier alpha value is -1.09. The van der Waals surface area contributed by atoms with Gasteiger partial charge in [0.15, 0.2) is 5.96 Å². The molecule has 1 heterocycles. The molecule has 7 heteroatoms. The van der Waals surface area contributed by atoms with Crippen molar-refractivity contribution in [2.24, 2.45) is 10.9 Å². The highest BCUT2D eigenvalue weighted by Crippen LogP contribution is 2.14. The second kappa shape index (κ2) is 11.5. The van der Waals surface area contributed by atoms with E-state index in [-0.39, 0.29) is 29.8 Å². The molecule has 142 valence electrons. The van der Waals surface area contributed by atoms with E-state index in [9.17, 15) is 4.39 Å². The smallest absolute Gasteiger partial charge is 0.193 e. The molecule has 0 spiro atoms. The molecule has 5 nitrogen and oxygen atoms in total. The summed E-state index contributed by atoms with van der Waals surface area (Å²) in [6, 6.07) is 6.09. The minimum absolute atomic E-state index is 0. The van der Waals surface area contributed by atoms with Crippen molar-refractivity contribution in [1.29, 1.82) is 0 Å². The first-order valence-corrected chi connectivity index (χ1v) is 8.57. The van der Waals surface area contributed by atoms with Crippen LogP contribution in [0.1, 0.15) is 12.8 Å². The topological polar surface area (TPSA) is 40.1 Å². The summed E-state index contributed by atoms with van der Waals surface area (Å²) in [7, 11) is 5.98. The number of nitrogens with zero attached hydrogens (tertiary/aromatic N) is 3. The van der Waals surface area contributed by atoms with Crippen LogP contribution in [0.5, 0.6) is 5.75 Å². The van der Waals surface area contributed by atoms with Crippen molar-refractivity contribution in [3.8, 4) is 5.75 Å². The van der Waals surface area contributed by atoms with Gasteiger partial charge in [-0.3, -0.25) is 4.99 Å². The van der Waals surface area contributed by atoms with Gasteiger partial charge in [0.1, 0.15) is 18.2 Å². The molecule has 0 saturated carbocycles. The fourth-order valence-corrected chi connectivity index (χ4v) is 3.00. The van der Waals surface area contributed by atoms with E-state index in [1.54, 1.807) is 19.2 Å². The molecule has 1 aromatic rings. The first-order chi connectivity index (χ1) is 11.6. The Morgan fingerprint density at radius 3 is 2.76 bits per heavy atom. The van der Waals surface area contributed by atoms with Crippen molar-refractivity contribution in [1.82, 2.24) is 15.1 Å². The first-order valence-electron chi connectivity index (χ1n) is 8.57. The number of piperidine rings is 1. The lowest BCUT2D eigenvalue weighted by Crippen LogP contribution is -2.45. The standard InChI is InChI=1S/C18H29FN4O.HI/c1-20-18(21-13-15-5-4-10-22(2)14-15)23(3)11-12-24-17-8-6-16(19)7-9-17;/h6-9,15H,4-5,10-14H2,1-3H3,(H,20,21);1H.